The summed E-state index contributed by atoms with van der Waals surface area (Å²) in [4.78, 5) is 23.5. The number of aliphatic carboxylic acids is 1. The number of nitrogens with two attached hydrogens (primary N) is 1. The van der Waals surface area contributed by atoms with E-state index in [1.54, 1.807) is 31.3 Å². The molecule has 1 fully saturated rings. The molecule has 192 valence electrons. The molecule has 0 radical (unpaired) electrons. The third kappa shape index (κ3) is 5.98. The first kappa shape index (κ1) is 26.3. The maximum atomic E-state index is 12.4. The molecule has 4 rings (SSSR count). The van der Waals surface area contributed by atoms with E-state index < -0.39 is 17.5 Å². The Kier molecular flexibility index (Phi) is 8.79. The molecule has 8 nitrogen and oxygen atoms in total. The van der Waals surface area contributed by atoms with Gasteiger partial charge in [0.15, 0.2) is 0 Å². The Labute approximate surface area is 215 Å². The molecule has 1 aliphatic heterocycles. The fourth-order valence-electron chi connectivity index (χ4n) is 4.96. The average molecular weight is 511 g/mol. The number of methoxy groups -OCH3 is 1. The van der Waals surface area contributed by atoms with Crippen LogP contribution in [0.1, 0.15) is 42.9 Å². The Morgan fingerprint density at radius 3 is 2.72 bits per heavy atom. The minimum Gasteiger partial charge on any atom is -0.497 e. The summed E-state index contributed by atoms with van der Waals surface area (Å²) >= 11 is 1.71. The van der Waals surface area contributed by atoms with Crippen LogP contribution in [0.25, 0.3) is 10.9 Å². The highest BCUT2D eigenvalue weighted by molar-refractivity contribution is 7.99. The quantitative estimate of drug-likeness (QED) is 0.330. The molecule has 1 atom stereocenters. The molecular weight excluding hydrogens is 476 g/mol. The van der Waals surface area contributed by atoms with Crippen LogP contribution in [0.15, 0.2) is 53.8 Å². The number of pyridine rings is 2. The van der Waals surface area contributed by atoms with Crippen LogP contribution in [-0.2, 0) is 11.3 Å². The summed E-state index contributed by atoms with van der Waals surface area (Å²) in [5, 5.41) is 23.2. The minimum atomic E-state index is -0.842. The number of carbonyl (C=O) groups is 1. The van der Waals surface area contributed by atoms with Crippen molar-refractivity contribution in [2.75, 3.05) is 32.5 Å². The molecule has 1 aliphatic rings. The first-order chi connectivity index (χ1) is 17.5. The van der Waals surface area contributed by atoms with Gasteiger partial charge in [-0.1, -0.05) is 6.07 Å². The van der Waals surface area contributed by atoms with Gasteiger partial charge in [-0.05, 0) is 80.2 Å². The normalized spacial score (nSPS) is 16.6. The predicted octanol–water partition coefficient (Wildman–Crippen LogP) is 3.87. The Morgan fingerprint density at radius 1 is 1.25 bits per heavy atom. The van der Waals surface area contributed by atoms with Crippen LogP contribution in [0.5, 0.6) is 5.75 Å². The van der Waals surface area contributed by atoms with Crippen molar-refractivity contribution < 1.29 is 19.7 Å². The monoisotopic (exact) mass is 510 g/mol. The van der Waals surface area contributed by atoms with Gasteiger partial charge in [-0.15, -0.1) is 11.8 Å². The van der Waals surface area contributed by atoms with Gasteiger partial charge in [0.1, 0.15) is 5.75 Å². The number of aliphatic hydroxyl groups excluding tert-OH is 1. The lowest BCUT2D eigenvalue weighted by molar-refractivity contribution is -0.153. The highest BCUT2D eigenvalue weighted by atomic mass is 32.2. The van der Waals surface area contributed by atoms with Crippen LogP contribution in [0.2, 0.25) is 0 Å². The van der Waals surface area contributed by atoms with E-state index in [1.165, 1.54) is 0 Å². The van der Waals surface area contributed by atoms with Gasteiger partial charge in [0, 0.05) is 36.6 Å². The lowest BCUT2D eigenvalue weighted by Crippen LogP contribution is -2.45. The lowest BCUT2D eigenvalue weighted by Gasteiger charge is -2.39. The fraction of sp³-hybridized carbons (Fsp3) is 0.444. The van der Waals surface area contributed by atoms with Gasteiger partial charge >= 0.3 is 5.97 Å². The van der Waals surface area contributed by atoms with Crippen LogP contribution in [0.3, 0.4) is 0 Å². The zero-order chi connectivity index (χ0) is 25.5. The van der Waals surface area contributed by atoms with E-state index in [9.17, 15) is 15.0 Å². The summed E-state index contributed by atoms with van der Waals surface area (Å²) in [6, 6.07) is 11.4. The van der Waals surface area contributed by atoms with Gasteiger partial charge in [0.05, 0.1) is 29.2 Å². The summed E-state index contributed by atoms with van der Waals surface area (Å²) in [6.45, 7) is 2.59. The molecule has 3 heterocycles. The number of hydrogen-bond donors (Lipinski definition) is 3. The number of rotatable bonds is 11. The molecular formula is C27H34N4O4S. The molecule has 0 amide bonds. The number of fused-ring (bicyclic) bond motifs is 1. The second kappa shape index (κ2) is 12.0. The average Bonchev–Trinajstić information content (AvgIpc) is 2.92. The standard InChI is InChI=1S/C27H34N4O4S/c1-35-20-5-6-22-21(16-20)25(19(17-28)18-30-22)23(32)7-8-27(26(33)34)9-12-31(13-10-27)14-15-36-24-4-2-3-11-29-24/h2-6,11,16,18,23,32H,7-10,12-15,17,28H2,1H3,(H,33,34). The molecule has 4 N–H and O–H groups in total. The Hall–Kier alpha value is -2.72. The van der Waals surface area contributed by atoms with Crippen molar-refractivity contribution in [3.8, 4) is 5.75 Å². The van der Waals surface area contributed by atoms with Crippen LogP contribution >= 0.6 is 11.8 Å². The highest BCUT2D eigenvalue weighted by Crippen LogP contribution is 2.40. The molecule has 1 aromatic carbocycles. The van der Waals surface area contributed by atoms with Crippen molar-refractivity contribution in [1.82, 2.24) is 14.9 Å². The third-order valence-electron chi connectivity index (χ3n) is 7.21. The number of carboxylic acid groups (broad SMARTS) is 1. The van der Waals surface area contributed by atoms with Gasteiger partial charge < -0.3 is 25.6 Å². The first-order valence-corrected chi connectivity index (χ1v) is 13.3. The number of ether oxygens (including phenoxy) is 1. The number of hydrogen-bond acceptors (Lipinski definition) is 8. The number of thioether (sulfide) groups is 1. The van der Waals surface area contributed by atoms with Gasteiger partial charge in [-0.2, -0.15) is 0 Å². The summed E-state index contributed by atoms with van der Waals surface area (Å²) in [6.07, 6.45) is 4.52. The van der Waals surface area contributed by atoms with Crippen molar-refractivity contribution in [2.24, 2.45) is 11.1 Å². The van der Waals surface area contributed by atoms with Gasteiger partial charge in [-0.25, -0.2) is 4.98 Å². The van der Waals surface area contributed by atoms with Crippen molar-refractivity contribution in [2.45, 2.75) is 43.4 Å². The molecule has 1 unspecified atom stereocenters. The molecule has 3 aromatic rings. The van der Waals surface area contributed by atoms with E-state index in [4.69, 9.17) is 10.5 Å². The third-order valence-corrected chi connectivity index (χ3v) is 8.13. The minimum absolute atomic E-state index is 0.238. The van der Waals surface area contributed by atoms with E-state index in [0.717, 1.165) is 46.9 Å². The zero-order valence-corrected chi connectivity index (χ0v) is 21.4. The maximum absolute atomic E-state index is 12.4. The van der Waals surface area contributed by atoms with Crippen molar-refractivity contribution in [3.05, 3.63) is 59.9 Å². The van der Waals surface area contributed by atoms with E-state index in [2.05, 4.69) is 14.9 Å². The summed E-state index contributed by atoms with van der Waals surface area (Å²) in [5.41, 5.74) is 7.34. The number of benzene rings is 1. The Balaban J connectivity index is 1.40. The first-order valence-electron chi connectivity index (χ1n) is 12.3. The molecule has 1 saturated heterocycles. The summed E-state index contributed by atoms with van der Waals surface area (Å²) in [7, 11) is 1.59. The molecule has 0 bridgehead atoms. The fourth-order valence-corrected chi connectivity index (χ4v) is 5.83. The number of nitrogens with zero attached hydrogens (tertiary/aromatic N) is 3. The smallest absolute Gasteiger partial charge is 0.309 e. The zero-order valence-electron chi connectivity index (χ0n) is 20.6. The molecule has 0 spiro atoms. The van der Waals surface area contributed by atoms with Crippen molar-refractivity contribution >= 4 is 28.6 Å². The maximum Gasteiger partial charge on any atom is 0.309 e. The lowest BCUT2D eigenvalue weighted by atomic mass is 9.74. The van der Waals surface area contributed by atoms with E-state index >= 15 is 0 Å². The molecule has 0 aliphatic carbocycles. The van der Waals surface area contributed by atoms with Gasteiger partial charge in [-0.3, -0.25) is 9.78 Å². The second-order valence-electron chi connectivity index (χ2n) is 9.28. The number of piperidine rings is 1. The molecule has 0 saturated carbocycles. The SMILES string of the molecule is COc1ccc2ncc(CN)c(C(O)CCC3(C(=O)O)CCN(CCSc4ccccn4)CC3)c2c1. The van der Waals surface area contributed by atoms with Crippen LogP contribution in [0.4, 0.5) is 0 Å². The number of aromatic nitrogens is 2. The largest absolute Gasteiger partial charge is 0.497 e. The van der Waals surface area contributed by atoms with Crippen LogP contribution in [-0.4, -0.2) is 63.5 Å². The van der Waals surface area contributed by atoms with Gasteiger partial charge in [0.25, 0.3) is 0 Å². The van der Waals surface area contributed by atoms with Gasteiger partial charge in [0.2, 0.25) is 0 Å². The van der Waals surface area contributed by atoms with Crippen molar-refractivity contribution in [1.29, 1.82) is 0 Å². The number of aliphatic hydroxyl groups is 1. The molecule has 36 heavy (non-hydrogen) atoms. The highest BCUT2D eigenvalue weighted by Gasteiger charge is 2.41. The van der Waals surface area contributed by atoms with E-state index in [1.807, 2.05) is 36.4 Å². The number of carboxylic acids is 1. The Morgan fingerprint density at radius 2 is 2.06 bits per heavy atom. The van der Waals surface area contributed by atoms with Crippen molar-refractivity contribution in [3.63, 3.8) is 0 Å². The summed E-state index contributed by atoms with van der Waals surface area (Å²) < 4.78 is 5.37. The second-order valence-corrected chi connectivity index (χ2v) is 10.4. The topological polar surface area (TPSA) is 122 Å². The van der Waals surface area contributed by atoms with E-state index in [-0.39, 0.29) is 6.54 Å². The molecule has 2 aromatic heterocycles. The number of likely N-dealkylation sites (tertiary alicyclic amines) is 1. The Bertz CT molecular complexity index is 1160. The summed E-state index contributed by atoms with van der Waals surface area (Å²) in [5.74, 6) is 0.802. The molecule has 9 heteroatoms. The predicted molar refractivity (Wildman–Crippen MR) is 141 cm³/mol. The van der Waals surface area contributed by atoms with E-state index in [0.29, 0.717) is 37.0 Å². The van der Waals surface area contributed by atoms with Crippen LogP contribution in [0, 0.1) is 5.41 Å². The van der Waals surface area contributed by atoms with Crippen LogP contribution < -0.4 is 10.5 Å².